The molecule has 64 heavy (non-hydrogen) atoms. The zero-order chi connectivity index (χ0) is 44.5. The Morgan fingerprint density at radius 3 is 1.09 bits per heavy atom. The molecule has 0 radical (unpaired) electrons. The molecule has 9 heteroatoms. The molecule has 0 fully saturated rings. The van der Waals surface area contributed by atoms with Gasteiger partial charge >= 0.3 is 37.9 Å². The van der Waals surface area contributed by atoms with Crippen LogP contribution in [0.25, 0.3) is 77.2 Å². The monoisotopic (exact) mass is 958 g/mol. The minimum absolute atomic E-state index is 0.188. The third kappa shape index (κ3) is 8.18. The fourth-order valence-corrected chi connectivity index (χ4v) is 8.85. The van der Waals surface area contributed by atoms with Gasteiger partial charge in [0.05, 0.1) is 46.7 Å². The van der Waals surface area contributed by atoms with E-state index in [1.807, 2.05) is 97.1 Å². The maximum atomic E-state index is 12.1. The van der Waals surface area contributed by atoms with Crippen LogP contribution >= 0.6 is 17.0 Å². The van der Waals surface area contributed by atoms with Crippen molar-refractivity contribution in [2.24, 2.45) is 5.41 Å². The number of aromatic nitrogens is 2. The van der Waals surface area contributed by atoms with E-state index in [4.69, 9.17) is 26.5 Å². The fourth-order valence-electron chi connectivity index (χ4n) is 8.85. The molecule has 0 amide bonds. The number of phenolic OH excluding ortho intramolecular Hbond substituents is 2. The van der Waals surface area contributed by atoms with Crippen molar-refractivity contribution in [1.82, 2.24) is 9.13 Å². The number of phenols is 2. The Hall–Kier alpha value is -5.98. The van der Waals surface area contributed by atoms with Gasteiger partial charge < -0.3 is 28.8 Å². The molecule has 318 valence electrons. The van der Waals surface area contributed by atoms with Crippen molar-refractivity contribution in [2.45, 2.75) is 27.7 Å². The number of hydrogen-bond donors (Lipinski definition) is 2. The zero-order valence-electron chi connectivity index (χ0n) is 35.9. The van der Waals surface area contributed by atoms with E-state index in [-0.39, 0.29) is 11.5 Å². The van der Waals surface area contributed by atoms with Gasteiger partial charge in [-0.1, -0.05) is 123 Å². The average Bonchev–Trinajstić information content (AvgIpc) is 3.82. The van der Waals surface area contributed by atoms with Crippen LogP contribution in [0.2, 0.25) is 0 Å². The van der Waals surface area contributed by atoms with E-state index in [9.17, 15) is 10.2 Å². The Balaban J connectivity index is 0.00000168. The molecule has 8 aromatic carbocycles. The number of halogens is 2. The van der Waals surface area contributed by atoms with Crippen LogP contribution in [0.15, 0.2) is 170 Å². The maximum absolute atomic E-state index is 12.1. The predicted molar refractivity (Wildman–Crippen MR) is 262 cm³/mol. The summed E-state index contributed by atoms with van der Waals surface area (Å²) in [5.41, 5.74) is 10.2. The summed E-state index contributed by atoms with van der Waals surface area (Å²) in [6.45, 7) is 9.06. The van der Waals surface area contributed by atoms with Crippen LogP contribution in [0.3, 0.4) is 0 Å². The summed E-state index contributed by atoms with van der Waals surface area (Å²) in [5.74, 6) is 1.72. The van der Waals surface area contributed by atoms with Crippen LogP contribution in [-0.2, 0) is 20.8 Å². The number of para-hydroxylation sites is 6. The number of benzene rings is 8. The SMILES string of the molecule is Cc1cc(-c2ccccc2OCC(C)(C)COc2ccccc2-c2cc(C)cc(-n3c4ccccc4c4ccccc43)c2O)c(O)c(-n2c3ccccc3c3ccccc32)c1.[Cl][Zr][Cl]. The molecule has 0 aliphatic heterocycles. The quantitative estimate of drug-likeness (QED) is 0.143. The average molecular weight is 961 g/mol. The summed E-state index contributed by atoms with van der Waals surface area (Å²) < 4.78 is 17.6. The third-order valence-corrected chi connectivity index (χ3v) is 11.7. The molecule has 2 aromatic heterocycles. The van der Waals surface area contributed by atoms with Crippen molar-refractivity contribution in [3.8, 4) is 56.6 Å². The number of ether oxygens (including phenoxy) is 2. The van der Waals surface area contributed by atoms with Gasteiger partial charge in [0.2, 0.25) is 0 Å². The van der Waals surface area contributed by atoms with Gasteiger partial charge in [0.15, 0.2) is 0 Å². The van der Waals surface area contributed by atoms with Crippen LogP contribution in [0.5, 0.6) is 23.0 Å². The number of hydrogen-bond acceptors (Lipinski definition) is 4. The second-order valence-electron chi connectivity index (χ2n) is 16.9. The molecule has 10 aromatic rings. The van der Waals surface area contributed by atoms with Crippen molar-refractivity contribution in [1.29, 1.82) is 0 Å². The topological polar surface area (TPSA) is 68.8 Å². The van der Waals surface area contributed by atoms with Crippen LogP contribution in [-0.4, -0.2) is 32.6 Å². The van der Waals surface area contributed by atoms with Crippen LogP contribution in [0.4, 0.5) is 0 Å². The Bertz CT molecular complexity index is 3010. The molecule has 0 aliphatic rings. The molecule has 2 N–H and O–H groups in total. The van der Waals surface area contributed by atoms with Crippen LogP contribution in [0, 0.1) is 19.3 Å². The first-order valence-corrected chi connectivity index (χ1v) is 27.5. The molecule has 0 saturated carbocycles. The van der Waals surface area contributed by atoms with Gasteiger partial charge in [-0.15, -0.1) is 0 Å². The number of rotatable bonds is 10. The Morgan fingerprint density at radius 2 is 0.750 bits per heavy atom. The van der Waals surface area contributed by atoms with Gasteiger partial charge in [-0.25, -0.2) is 0 Å². The van der Waals surface area contributed by atoms with Gasteiger partial charge in [-0.2, -0.15) is 0 Å². The first-order chi connectivity index (χ1) is 31.1. The van der Waals surface area contributed by atoms with Gasteiger partial charge in [0.25, 0.3) is 0 Å². The fraction of sp³-hybridized carbons (Fsp3) is 0.127. The normalized spacial score (nSPS) is 11.5. The standard InChI is InChI=1S/C55H46N2O4.2ClH.Zr/c1-35-29-43(53(58)49(31-35)56-45-23-11-5-17-37(45)38-18-6-12-24-46(38)56)41-21-9-15-27-51(41)60-33-55(3,4)34-61-52-28-16-10-22-42(52)44-30-36(2)32-50(54(44)59)57-47-25-13-7-19-39(47)40-20-8-14-26-48(40)57;;;/h5-32,58-59H,33-34H2,1-4H3;2*1H;/q;;;+2/p-2. The van der Waals surface area contributed by atoms with Crippen molar-refractivity contribution >= 4 is 60.6 Å². The second kappa shape index (κ2) is 18.3. The minimum atomic E-state index is -0.826. The Morgan fingerprint density at radius 1 is 0.453 bits per heavy atom. The van der Waals surface area contributed by atoms with E-state index in [0.29, 0.717) is 35.8 Å². The van der Waals surface area contributed by atoms with E-state index >= 15 is 0 Å². The van der Waals surface area contributed by atoms with Crippen molar-refractivity contribution < 1.29 is 40.5 Å². The van der Waals surface area contributed by atoms with Gasteiger partial charge in [0.1, 0.15) is 23.0 Å². The molecule has 0 aliphatic carbocycles. The van der Waals surface area contributed by atoms with Gasteiger partial charge in [0, 0.05) is 49.2 Å². The van der Waals surface area contributed by atoms with Crippen LogP contribution < -0.4 is 9.47 Å². The molecule has 0 unspecified atom stereocenters. The summed E-state index contributed by atoms with van der Waals surface area (Å²) >= 11 is -0.826. The number of aryl methyl sites for hydroxylation is 2. The van der Waals surface area contributed by atoms with Gasteiger partial charge in [-0.3, -0.25) is 0 Å². The second-order valence-corrected chi connectivity index (χ2v) is 20.6. The van der Waals surface area contributed by atoms with Gasteiger partial charge in [-0.05, 0) is 85.6 Å². The molecule has 0 bridgehead atoms. The molecule has 0 saturated heterocycles. The molecule has 0 spiro atoms. The summed E-state index contributed by atoms with van der Waals surface area (Å²) in [6, 6.07) is 57.2. The predicted octanol–water partition coefficient (Wildman–Crippen LogP) is 15.1. The van der Waals surface area contributed by atoms with Crippen LogP contribution in [0.1, 0.15) is 25.0 Å². The van der Waals surface area contributed by atoms with Crippen molar-refractivity contribution in [2.75, 3.05) is 13.2 Å². The van der Waals surface area contributed by atoms with E-state index in [1.54, 1.807) is 0 Å². The Labute approximate surface area is 391 Å². The zero-order valence-corrected chi connectivity index (χ0v) is 39.9. The molecular weight excluding hydrogens is 915 g/mol. The van der Waals surface area contributed by atoms with Crippen molar-refractivity contribution in [3.05, 3.63) is 181 Å². The first-order valence-electron chi connectivity index (χ1n) is 21.1. The molecular formula is C55H46Cl2N2O4Zr. The Kier molecular flexibility index (Phi) is 12.3. The number of nitrogens with zero attached hydrogens (tertiary/aromatic N) is 2. The molecule has 0 atom stereocenters. The van der Waals surface area contributed by atoms with E-state index in [0.717, 1.165) is 77.2 Å². The van der Waals surface area contributed by atoms with E-state index in [2.05, 4.69) is 110 Å². The summed E-state index contributed by atoms with van der Waals surface area (Å²) in [4.78, 5) is 0. The van der Waals surface area contributed by atoms with E-state index in [1.165, 1.54) is 0 Å². The van der Waals surface area contributed by atoms with E-state index < -0.39 is 26.3 Å². The number of aromatic hydroxyl groups is 2. The first kappa shape index (κ1) is 43.3. The molecule has 10 rings (SSSR count). The summed E-state index contributed by atoms with van der Waals surface area (Å²) in [5, 5.41) is 28.8. The number of fused-ring (bicyclic) bond motifs is 6. The summed E-state index contributed by atoms with van der Waals surface area (Å²) in [6.07, 6.45) is 0. The summed E-state index contributed by atoms with van der Waals surface area (Å²) in [7, 11) is 9.87. The molecule has 6 nitrogen and oxygen atoms in total. The third-order valence-electron chi connectivity index (χ3n) is 11.7. The molecule has 2 heterocycles. The van der Waals surface area contributed by atoms with Crippen molar-refractivity contribution in [3.63, 3.8) is 0 Å².